The first-order chi connectivity index (χ1) is 12.0. The number of carbonyl (C=O) groups excluding carboxylic acids is 1. The Morgan fingerprint density at radius 2 is 1.84 bits per heavy atom. The highest BCUT2D eigenvalue weighted by atomic mass is 16.5. The van der Waals surface area contributed by atoms with Crippen LogP contribution in [-0.2, 0) is 11.3 Å². The molecule has 25 heavy (non-hydrogen) atoms. The quantitative estimate of drug-likeness (QED) is 0.760. The minimum Gasteiger partial charge on any atom is -0.496 e. The van der Waals surface area contributed by atoms with Gasteiger partial charge in [0.2, 0.25) is 0 Å². The summed E-state index contributed by atoms with van der Waals surface area (Å²) in [5.74, 6) is 1.52. The molecule has 0 aliphatic carbocycles. The molecule has 2 aromatic carbocycles. The number of para-hydroxylation sites is 1. The van der Waals surface area contributed by atoms with Crippen LogP contribution in [0.4, 0.5) is 0 Å². The number of aryl methyl sites for hydroxylation is 2. The SMILES string of the molecule is CC[C@@H](Oc1cc(C)ccc1C)C(=O)N(C)Cc1ccccc1OC. The number of methoxy groups -OCH3 is 1. The molecule has 4 heteroatoms. The summed E-state index contributed by atoms with van der Waals surface area (Å²) in [5.41, 5.74) is 3.12. The van der Waals surface area contributed by atoms with Crippen molar-refractivity contribution >= 4 is 5.91 Å². The van der Waals surface area contributed by atoms with Crippen LogP contribution in [0.2, 0.25) is 0 Å². The second-order valence-corrected chi connectivity index (χ2v) is 6.29. The third-order valence-electron chi connectivity index (χ3n) is 4.24. The molecule has 0 aliphatic rings. The molecule has 0 saturated carbocycles. The maximum Gasteiger partial charge on any atom is 0.263 e. The van der Waals surface area contributed by atoms with Crippen molar-refractivity contribution in [2.75, 3.05) is 14.2 Å². The summed E-state index contributed by atoms with van der Waals surface area (Å²) in [6.07, 6.45) is 0.114. The van der Waals surface area contributed by atoms with Crippen molar-refractivity contribution in [3.63, 3.8) is 0 Å². The molecule has 0 saturated heterocycles. The molecule has 2 aromatic rings. The molecular weight excluding hydrogens is 314 g/mol. The van der Waals surface area contributed by atoms with Gasteiger partial charge in [-0.15, -0.1) is 0 Å². The molecule has 2 rings (SSSR count). The van der Waals surface area contributed by atoms with Crippen LogP contribution in [0.15, 0.2) is 42.5 Å². The summed E-state index contributed by atoms with van der Waals surface area (Å²) in [4.78, 5) is 14.5. The van der Waals surface area contributed by atoms with Gasteiger partial charge in [0.05, 0.1) is 7.11 Å². The first-order valence-electron chi connectivity index (χ1n) is 8.57. The van der Waals surface area contributed by atoms with Gasteiger partial charge in [0.25, 0.3) is 5.91 Å². The van der Waals surface area contributed by atoms with Gasteiger partial charge in [-0.05, 0) is 43.5 Å². The van der Waals surface area contributed by atoms with Gasteiger partial charge in [-0.25, -0.2) is 0 Å². The molecule has 1 amide bonds. The molecule has 0 aromatic heterocycles. The van der Waals surface area contributed by atoms with Crippen molar-refractivity contribution < 1.29 is 14.3 Å². The van der Waals surface area contributed by atoms with E-state index < -0.39 is 6.10 Å². The van der Waals surface area contributed by atoms with Gasteiger partial charge in [-0.2, -0.15) is 0 Å². The highest BCUT2D eigenvalue weighted by Gasteiger charge is 2.23. The van der Waals surface area contributed by atoms with Crippen molar-refractivity contribution in [2.45, 2.75) is 39.8 Å². The Balaban J connectivity index is 2.11. The van der Waals surface area contributed by atoms with Crippen LogP contribution in [0, 0.1) is 13.8 Å². The molecule has 0 aliphatic heterocycles. The Kier molecular flexibility index (Phi) is 6.45. The Morgan fingerprint density at radius 3 is 2.52 bits per heavy atom. The fraction of sp³-hybridized carbons (Fsp3) is 0.381. The van der Waals surface area contributed by atoms with Gasteiger partial charge < -0.3 is 14.4 Å². The van der Waals surface area contributed by atoms with Gasteiger partial charge in [-0.1, -0.05) is 37.3 Å². The van der Waals surface area contributed by atoms with E-state index in [9.17, 15) is 4.79 Å². The number of likely N-dealkylation sites (N-methyl/N-ethyl adjacent to an activating group) is 1. The maximum atomic E-state index is 12.8. The molecule has 0 N–H and O–H groups in total. The minimum absolute atomic E-state index is 0.0330. The van der Waals surface area contributed by atoms with E-state index in [2.05, 4.69) is 0 Å². The zero-order chi connectivity index (χ0) is 18.4. The normalized spacial score (nSPS) is 11.7. The average Bonchev–Trinajstić information content (AvgIpc) is 2.62. The third-order valence-corrected chi connectivity index (χ3v) is 4.24. The van der Waals surface area contributed by atoms with Crippen LogP contribution in [-0.4, -0.2) is 31.1 Å². The predicted molar refractivity (Wildman–Crippen MR) is 100 cm³/mol. The number of benzene rings is 2. The van der Waals surface area contributed by atoms with Gasteiger partial charge >= 0.3 is 0 Å². The van der Waals surface area contributed by atoms with Crippen LogP contribution >= 0.6 is 0 Å². The lowest BCUT2D eigenvalue weighted by Crippen LogP contribution is -2.39. The number of hydrogen-bond acceptors (Lipinski definition) is 3. The lowest BCUT2D eigenvalue weighted by atomic mass is 10.1. The van der Waals surface area contributed by atoms with E-state index in [0.717, 1.165) is 28.2 Å². The number of amides is 1. The summed E-state index contributed by atoms with van der Waals surface area (Å²) in [5, 5.41) is 0. The average molecular weight is 341 g/mol. The first kappa shape index (κ1) is 18.8. The Hall–Kier alpha value is -2.49. The monoisotopic (exact) mass is 341 g/mol. The van der Waals surface area contributed by atoms with Gasteiger partial charge in [-0.3, -0.25) is 4.79 Å². The Bertz CT molecular complexity index is 727. The number of nitrogens with zero attached hydrogens (tertiary/aromatic N) is 1. The Morgan fingerprint density at radius 1 is 1.12 bits per heavy atom. The summed E-state index contributed by atoms with van der Waals surface area (Å²) >= 11 is 0. The summed E-state index contributed by atoms with van der Waals surface area (Å²) in [6, 6.07) is 13.8. The molecule has 0 bridgehead atoms. The van der Waals surface area contributed by atoms with Crippen LogP contribution in [0.3, 0.4) is 0 Å². The zero-order valence-corrected chi connectivity index (χ0v) is 15.7. The van der Waals surface area contributed by atoms with E-state index in [0.29, 0.717) is 13.0 Å². The zero-order valence-electron chi connectivity index (χ0n) is 15.7. The van der Waals surface area contributed by atoms with Crippen molar-refractivity contribution in [3.05, 3.63) is 59.2 Å². The molecule has 134 valence electrons. The Labute approximate surface area is 150 Å². The number of rotatable bonds is 7. The third kappa shape index (κ3) is 4.75. The maximum absolute atomic E-state index is 12.8. The van der Waals surface area contributed by atoms with E-state index in [-0.39, 0.29) is 5.91 Å². The van der Waals surface area contributed by atoms with Crippen molar-refractivity contribution in [3.8, 4) is 11.5 Å². The van der Waals surface area contributed by atoms with E-state index in [1.54, 1.807) is 19.1 Å². The van der Waals surface area contributed by atoms with E-state index >= 15 is 0 Å². The fourth-order valence-electron chi connectivity index (χ4n) is 2.71. The molecule has 0 unspecified atom stereocenters. The standard InChI is InChI=1S/C21H27NO3/c1-6-18(25-20-13-15(2)11-12-16(20)3)21(23)22(4)14-17-9-7-8-10-19(17)24-5/h7-13,18H,6,14H2,1-5H3/t18-/m1/s1. The molecule has 1 atom stereocenters. The van der Waals surface area contributed by atoms with Crippen LogP contribution in [0.25, 0.3) is 0 Å². The van der Waals surface area contributed by atoms with E-state index in [1.807, 2.05) is 63.2 Å². The van der Waals surface area contributed by atoms with Crippen LogP contribution in [0.1, 0.15) is 30.0 Å². The number of carbonyl (C=O) groups is 1. The molecular formula is C21H27NO3. The summed E-state index contributed by atoms with van der Waals surface area (Å²) < 4.78 is 11.4. The van der Waals surface area contributed by atoms with Crippen LogP contribution < -0.4 is 9.47 Å². The van der Waals surface area contributed by atoms with Gasteiger partial charge in [0, 0.05) is 19.2 Å². The van der Waals surface area contributed by atoms with Crippen molar-refractivity contribution in [2.24, 2.45) is 0 Å². The van der Waals surface area contributed by atoms with Gasteiger partial charge in [0.1, 0.15) is 11.5 Å². The minimum atomic E-state index is -0.500. The van der Waals surface area contributed by atoms with Crippen molar-refractivity contribution in [1.82, 2.24) is 4.90 Å². The highest BCUT2D eigenvalue weighted by molar-refractivity contribution is 5.81. The number of hydrogen-bond donors (Lipinski definition) is 0. The molecule has 0 fully saturated rings. The first-order valence-corrected chi connectivity index (χ1v) is 8.57. The molecule has 0 heterocycles. The van der Waals surface area contributed by atoms with E-state index in [4.69, 9.17) is 9.47 Å². The van der Waals surface area contributed by atoms with E-state index in [1.165, 1.54) is 0 Å². The smallest absolute Gasteiger partial charge is 0.263 e. The molecule has 0 spiro atoms. The number of ether oxygens (including phenoxy) is 2. The summed E-state index contributed by atoms with van der Waals surface area (Å²) in [7, 11) is 3.43. The predicted octanol–water partition coefficient (Wildman–Crippen LogP) is 4.13. The van der Waals surface area contributed by atoms with Crippen LogP contribution in [0.5, 0.6) is 11.5 Å². The molecule has 4 nitrogen and oxygen atoms in total. The fourth-order valence-corrected chi connectivity index (χ4v) is 2.71. The molecule has 0 radical (unpaired) electrons. The van der Waals surface area contributed by atoms with Crippen molar-refractivity contribution in [1.29, 1.82) is 0 Å². The van der Waals surface area contributed by atoms with Gasteiger partial charge in [0.15, 0.2) is 6.10 Å². The summed E-state index contributed by atoms with van der Waals surface area (Å²) in [6.45, 7) is 6.45. The second-order valence-electron chi connectivity index (χ2n) is 6.29. The largest absolute Gasteiger partial charge is 0.496 e. The highest BCUT2D eigenvalue weighted by Crippen LogP contribution is 2.23. The topological polar surface area (TPSA) is 38.8 Å². The lowest BCUT2D eigenvalue weighted by molar-refractivity contribution is -0.138. The second kappa shape index (κ2) is 8.56. The lowest BCUT2D eigenvalue weighted by Gasteiger charge is -2.25.